The summed E-state index contributed by atoms with van der Waals surface area (Å²) in [6, 6.07) is 9.01. The quantitative estimate of drug-likeness (QED) is 0.927. The Morgan fingerprint density at radius 2 is 2.16 bits per heavy atom. The molecule has 0 bridgehead atoms. The van der Waals surface area contributed by atoms with E-state index in [1.807, 2.05) is 13.0 Å². The van der Waals surface area contributed by atoms with Crippen molar-refractivity contribution in [2.75, 3.05) is 12.4 Å². The van der Waals surface area contributed by atoms with E-state index in [0.29, 0.717) is 22.2 Å². The smallest absolute Gasteiger partial charge is 0.143 e. The summed E-state index contributed by atoms with van der Waals surface area (Å²) in [5, 5.41) is 12.6. The highest BCUT2D eigenvalue weighted by atomic mass is 35.5. The van der Waals surface area contributed by atoms with Gasteiger partial charge in [-0.15, -0.1) is 0 Å². The van der Waals surface area contributed by atoms with E-state index in [9.17, 15) is 0 Å². The van der Waals surface area contributed by atoms with Gasteiger partial charge in [0.1, 0.15) is 11.6 Å². The lowest BCUT2D eigenvalue weighted by Gasteiger charge is -2.12. The molecular weight excluding hydrogens is 262 g/mol. The van der Waals surface area contributed by atoms with E-state index in [1.165, 1.54) is 0 Å². The van der Waals surface area contributed by atoms with Gasteiger partial charge in [0.05, 0.1) is 24.4 Å². The average Bonchev–Trinajstić information content (AvgIpc) is 2.43. The second-order valence-electron chi connectivity index (χ2n) is 3.97. The Hall–Kier alpha value is -2.25. The van der Waals surface area contributed by atoms with Crippen molar-refractivity contribution in [3.63, 3.8) is 0 Å². The van der Waals surface area contributed by atoms with Gasteiger partial charge in [-0.05, 0) is 30.7 Å². The Balaban J connectivity index is 2.37. The maximum atomic E-state index is 8.86. The van der Waals surface area contributed by atoms with Crippen LogP contribution in [-0.2, 0) is 0 Å². The van der Waals surface area contributed by atoms with E-state index in [-0.39, 0.29) is 0 Å². The first kappa shape index (κ1) is 13.2. The van der Waals surface area contributed by atoms with Crippen LogP contribution in [0.3, 0.4) is 0 Å². The topological polar surface area (TPSA) is 57.9 Å². The first-order valence-electron chi connectivity index (χ1n) is 5.61. The van der Waals surface area contributed by atoms with Crippen molar-refractivity contribution in [2.45, 2.75) is 6.92 Å². The largest absolute Gasteiger partial charge is 0.495 e. The second kappa shape index (κ2) is 5.59. The highest BCUT2D eigenvalue weighted by Gasteiger charge is 2.08. The zero-order valence-electron chi connectivity index (χ0n) is 10.6. The Morgan fingerprint density at radius 1 is 1.37 bits per heavy atom. The molecule has 4 nitrogen and oxygen atoms in total. The summed E-state index contributed by atoms with van der Waals surface area (Å²) in [5.41, 5.74) is 2.23. The number of hydrogen-bond donors (Lipinski definition) is 1. The third kappa shape index (κ3) is 2.95. The van der Waals surface area contributed by atoms with Crippen molar-refractivity contribution in [1.29, 1.82) is 5.26 Å². The minimum Gasteiger partial charge on any atom is -0.495 e. The van der Waals surface area contributed by atoms with E-state index in [1.54, 1.807) is 31.5 Å². The molecule has 2 aromatic rings. The predicted molar refractivity (Wildman–Crippen MR) is 75.0 cm³/mol. The Kier molecular flexibility index (Phi) is 3.88. The number of nitrogens with zero attached hydrogens (tertiary/aromatic N) is 2. The molecule has 0 atom stereocenters. The molecule has 0 aliphatic rings. The molecule has 0 fully saturated rings. The molecule has 1 aromatic heterocycles. The Labute approximate surface area is 116 Å². The standard InChI is InChI=1S/C14H12ClN3O/c1-9-5-12(13(19-2)7-11(9)15)18-14-6-10(8-16)3-4-17-14/h3-7H,1-2H3,(H,17,18). The van der Waals surface area contributed by atoms with Gasteiger partial charge in [-0.2, -0.15) is 5.26 Å². The van der Waals surface area contributed by atoms with Gasteiger partial charge in [0.15, 0.2) is 0 Å². The number of methoxy groups -OCH3 is 1. The fourth-order valence-electron chi connectivity index (χ4n) is 1.64. The molecule has 0 amide bonds. The highest BCUT2D eigenvalue weighted by Crippen LogP contribution is 2.32. The summed E-state index contributed by atoms with van der Waals surface area (Å²) in [6.45, 7) is 1.91. The molecular formula is C14H12ClN3O. The molecule has 96 valence electrons. The van der Waals surface area contributed by atoms with Crippen LogP contribution in [0.15, 0.2) is 30.5 Å². The number of anilines is 2. The molecule has 0 radical (unpaired) electrons. The first-order valence-corrected chi connectivity index (χ1v) is 5.99. The Bertz CT molecular complexity index is 650. The summed E-state index contributed by atoms with van der Waals surface area (Å²) in [6.07, 6.45) is 1.58. The van der Waals surface area contributed by atoms with Crippen molar-refractivity contribution in [3.05, 3.63) is 46.6 Å². The van der Waals surface area contributed by atoms with Gasteiger partial charge in [-0.1, -0.05) is 11.6 Å². The van der Waals surface area contributed by atoms with Crippen LogP contribution in [0.1, 0.15) is 11.1 Å². The number of halogens is 1. The number of aryl methyl sites for hydroxylation is 1. The van der Waals surface area contributed by atoms with Gasteiger partial charge >= 0.3 is 0 Å². The van der Waals surface area contributed by atoms with E-state index in [4.69, 9.17) is 21.6 Å². The Morgan fingerprint density at radius 3 is 2.84 bits per heavy atom. The SMILES string of the molecule is COc1cc(Cl)c(C)cc1Nc1cc(C#N)ccn1. The van der Waals surface area contributed by atoms with Crippen LogP contribution in [0.4, 0.5) is 11.5 Å². The third-order valence-corrected chi connectivity index (χ3v) is 3.04. The fraction of sp³-hybridized carbons (Fsp3) is 0.143. The van der Waals surface area contributed by atoms with Gasteiger partial charge < -0.3 is 10.1 Å². The molecule has 19 heavy (non-hydrogen) atoms. The van der Waals surface area contributed by atoms with Crippen molar-refractivity contribution in [1.82, 2.24) is 4.98 Å². The van der Waals surface area contributed by atoms with E-state index >= 15 is 0 Å². The normalized spacial score (nSPS) is 9.79. The van der Waals surface area contributed by atoms with E-state index in [0.717, 1.165) is 11.3 Å². The molecule has 1 heterocycles. The van der Waals surface area contributed by atoms with Crippen molar-refractivity contribution in [3.8, 4) is 11.8 Å². The summed E-state index contributed by atoms with van der Waals surface area (Å²) in [7, 11) is 1.57. The molecule has 1 aromatic carbocycles. The molecule has 2 rings (SSSR count). The molecule has 0 saturated carbocycles. The minimum atomic E-state index is 0.544. The number of pyridine rings is 1. The number of benzene rings is 1. The predicted octanol–water partition coefficient (Wildman–Crippen LogP) is 3.67. The maximum absolute atomic E-state index is 8.86. The third-order valence-electron chi connectivity index (χ3n) is 2.63. The molecule has 0 aliphatic heterocycles. The minimum absolute atomic E-state index is 0.544. The van der Waals surface area contributed by atoms with Crippen molar-refractivity contribution >= 4 is 23.1 Å². The summed E-state index contributed by atoms with van der Waals surface area (Å²) < 4.78 is 5.27. The average molecular weight is 274 g/mol. The van der Waals surface area contributed by atoms with Gasteiger partial charge in [0.25, 0.3) is 0 Å². The summed E-state index contributed by atoms with van der Waals surface area (Å²) in [5.74, 6) is 1.21. The molecule has 0 spiro atoms. The van der Waals surface area contributed by atoms with E-state index < -0.39 is 0 Å². The van der Waals surface area contributed by atoms with Gasteiger partial charge in [0, 0.05) is 17.3 Å². The lowest BCUT2D eigenvalue weighted by molar-refractivity contribution is 0.416. The summed E-state index contributed by atoms with van der Waals surface area (Å²) >= 11 is 6.05. The number of aromatic nitrogens is 1. The highest BCUT2D eigenvalue weighted by molar-refractivity contribution is 6.31. The van der Waals surface area contributed by atoms with Crippen LogP contribution in [0.2, 0.25) is 5.02 Å². The van der Waals surface area contributed by atoms with Crippen molar-refractivity contribution < 1.29 is 4.74 Å². The number of rotatable bonds is 3. The van der Waals surface area contributed by atoms with E-state index in [2.05, 4.69) is 16.4 Å². The molecule has 0 saturated heterocycles. The molecule has 1 N–H and O–H groups in total. The number of nitrogens with one attached hydrogen (secondary N) is 1. The van der Waals surface area contributed by atoms with Crippen LogP contribution in [-0.4, -0.2) is 12.1 Å². The van der Waals surface area contributed by atoms with Crippen molar-refractivity contribution in [2.24, 2.45) is 0 Å². The van der Waals surface area contributed by atoms with Gasteiger partial charge in [-0.25, -0.2) is 4.98 Å². The lowest BCUT2D eigenvalue weighted by Crippen LogP contribution is -1.98. The first-order chi connectivity index (χ1) is 9.13. The number of hydrogen-bond acceptors (Lipinski definition) is 4. The zero-order valence-corrected chi connectivity index (χ0v) is 11.3. The number of nitriles is 1. The lowest BCUT2D eigenvalue weighted by atomic mass is 10.2. The second-order valence-corrected chi connectivity index (χ2v) is 4.38. The van der Waals surface area contributed by atoms with Gasteiger partial charge in [-0.3, -0.25) is 0 Å². The van der Waals surface area contributed by atoms with Gasteiger partial charge in [0.2, 0.25) is 0 Å². The fourth-order valence-corrected chi connectivity index (χ4v) is 1.79. The monoisotopic (exact) mass is 273 g/mol. The molecule has 0 aliphatic carbocycles. The zero-order chi connectivity index (χ0) is 13.8. The molecule has 5 heteroatoms. The van der Waals surface area contributed by atoms with Crippen LogP contribution in [0.25, 0.3) is 0 Å². The molecule has 0 unspecified atom stereocenters. The van der Waals surface area contributed by atoms with Crippen LogP contribution in [0, 0.1) is 18.3 Å². The van der Waals surface area contributed by atoms with Crippen LogP contribution < -0.4 is 10.1 Å². The van der Waals surface area contributed by atoms with Crippen LogP contribution in [0.5, 0.6) is 5.75 Å². The summed E-state index contributed by atoms with van der Waals surface area (Å²) in [4.78, 5) is 4.16. The maximum Gasteiger partial charge on any atom is 0.143 e. The number of ether oxygens (including phenoxy) is 1. The van der Waals surface area contributed by atoms with Crippen LogP contribution >= 0.6 is 11.6 Å².